The normalized spacial score (nSPS) is 11.2. The van der Waals surface area contributed by atoms with Crippen molar-refractivity contribution >= 4 is 15.7 Å². The molecule has 0 radical (unpaired) electrons. The van der Waals surface area contributed by atoms with Gasteiger partial charge in [0.1, 0.15) is 12.4 Å². The van der Waals surface area contributed by atoms with Crippen molar-refractivity contribution in [2.75, 3.05) is 23.6 Å². The van der Waals surface area contributed by atoms with E-state index in [4.69, 9.17) is 10.5 Å². The maximum atomic E-state index is 11.8. The minimum Gasteiger partial charge on any atom is -0.490 e. The van der Waals surface area contributed by atoms with Gasteiger partial charge in [-0.2, -0.15) is 0 Å². The topological polar surface area (TPSA) is 81.4 Å². The third-order valence-electron chi connectivity index (χ3n) is 2.29. The van der Waals surface area contributed by atoms with Crippen molar-refractivity contribution in [2.45, 2.75) is 19.8 Å². The summed E-state index contributed by atoms with van der Waals surface area (Å²) in [5.41, 5.74) is 5.82. The molecule has 0 aliphatic carbocycles. The molecular weight excluding hydrogens is 252 g/mol. The zero-order chi connectivity index (χ0) is 13.4. The molecule has 18 heavy (non-hydrogen) atoms. The lowest BCUT2D eigenvalue weighted by molar-refractivity contribution is 0.330. The van der Waals surface area contributed by atoms with E-state index in [2.05, 4.69) is 4.72 Å². The third-order valence-corrected chi connectivity index (χ3v) is 3.65. The van der Waals surface area contributed by atoms with Gasteiger partial charge in [-0.05, 0) is 18.6 Å². The summed E-state index contributed by atoms with van der Waals surface area (Å²) in [5, 5.41) is 0. The van der Waals surface area contributed by atoms with Crippen LogP contribution in [0.4, 0.5) is 5.69 Å². The molecule has 0 fully saturated rings. The molecule has 3 N–H and O–H groups in total. The third kappa shape index (κ3) is 4.93. The van der Waals surface area contributed by atoms with Crippen LogP contribution in [0.1, 0.15) is 19.8 Å². The Hall–Kier alpha value is -1.27. The summed E-state index contributed by atoms with van der Waals surface area (Å²) in [4.78, 5) is 0. The average Bonchev–Trinajstić information content (AvgIpc) is 2.35. The van der Waals surface area contributed by atoms with Gasteiger partial charge >= 0.3 is 0 Å². The average molecular weight is 272 g/mol. The summed E-state index contributed by atoms with van der Waals surface area (Å²) in [6.45, 7) is 2.69. The summed E-state index contributed by atoms with van der Waals surface area (Å²) >= 11 is 0. The van der Waals surface area contributed by atoms with Gasteiger partial charge in [0.15, 0.2) is 0 Å². The van der Waals surface area contributed by atoms with E-state index >= 15 is 0 Å². The molecule has 5 nitrogen and oxygen atoms in total. The quantitative estimate of drug-likeness (QED) is 0.752. The van der Waals surface area contributed by atoms with E-state index in [1.807, 2.05) is 6.92 Å². The highest BCUT2D eigenvalue weighted by Gasteiger charge is 2.12. The second kappa shape index (κ2) is 7.23. The van der Waals surface area contributed by atoms with Gasteiger partial charge in [-0.25, -0.2) is 8.42 Å². The van der Waals surface area contributed by atoms with Crippen molar-refractivity contribution in [1.82, 2.24) is 0 Å². The Balaban J connectivity index is 2.77. The van der Waals surface area contributed by atoms with Crippen molar-refractivity contribution in [2.24, 2.45) is 5.73 Å². The minimum atomic E-state index is -3.31. The van der Waals surface area contributed by atoms with Crippen LogP contribution in [0.2, 0.25) is 0 Å². The van der Waals surface area contributed by atoms with Crippen LogP contribution in [0.5, 0.6) is 5.75 Å². The second-order valence-electron chi connectivity index (χ2n) is 3.91. The first-order chi connectivity index (χ1) is 8.59. The zero-order valence-corrected chi connectivity index (χ0v) is 11.4. The summed E-state index contributed by atoms with van der Waals surface area (Å²) in [7, 11) is -3.31. The van der Waals surface area contributed by atoms with Crippen LogP contribution in [-0.4, -0.2) is 27.3 Å². The van der Waals surface area contributed by atoms with Crippen LogP contribution in [0.3, 0.4) is 0 Å². The first-order valence-corrected chi connectivity index (χ1v) is 7.66. The Labute approximate surface area is 108 Å². The number of hydrogen-bond donors (Lipinski definition) is 2. The van der Waals surface area contributed by atoms with Crippen molar-refractivity contribution in [3.63, 3.8) is 0 Å². The van der Waals surface area contributed by atoms with Crippen LogP contribution in [-0.2, 0) is 10.0 Å². The van der Waals surface area contributed by atoms with E-state index in [0.29, 0.717) is 31.0 Å². The predicted octanol–water partition coefficient (Wildman–Crippen LogP) is 1.57. The highest BCUT2D eigenvalue weighted by molar-refractivity contribution is 7.92. The van der Waals surface area contributed by atoms with E-state index in [9.17, 15) is 8.42 Å². The molecule has 0 aliphatic heterocycles. The molecule has 1 aromatic carbocycles. The zero-order valence-electron chi connectivity index (χ0n) is 10.6. The number of benzene rings is 1. The number of hydrogen-bond acceptors (Lipinski definition) is 4. The number of unbranched alkanes of at least 4 members (excludes halogenated alkanes) is 1. The molecular formula is C12H20N2O3S. The molecule has 1 aromatic rings. The van der Waals surface area contributed by atoms with E-state index in [0.717, 1.165) is 6.42 Å². The Morgan fingerprint density at radius 2 is 2.06 bits per heavy atom. The molecule has 0 aromatic heterocycles. The first kappa shape index (κ1) is 14.8. The van der Waals surface area contributed by atoms with Crippen molar-refractivity contribution < 1.29 is 13.2 Å². The van der Waals surface area contributed by atoms with Gasteiger partial charge in [0, 0.05) is 6.54 Å². The predicted molar refractivity (Wildman–Crippen MR) is 73.3 cm³/mol. The fourth-order valence-corrected chi connectivity index (χ4v) is 2.67. The molecule has 0 amide bonds. The molecule has 6 heteroatoms. The Kier molecular flexibility index (Phi) is 5.94. The van der Waals surface area contributed by atoms with E-state index in [1.54, 1.807) is 24.3 Å². The Morgan fingerprint density at radius 3 is 2.72 bits per heavy atom. The van der Waals surface area contributed by atoms with Crippen LogP contribution in [0.25, 0.3) is 0 Å². The van der Waals surface area contributed by atoms with Gasteiger partial charge in [-0.3, -0.25) is 4.72 Å². The Morgan fingerprint density at radius 1 is 1.33 bits per heavy atom. The maximum absolute atomic E-state index is 11.8. The van der Waals surface area contributed by atoms with Crippen LogP contribution < -0.4 is 15.2 Å². The molecule has 0 spiro atoms. The standard InChI is InChI=1S/C12H20N2O3S/c1-2-3-10-18(15,16)14-11-6-4-5-7-12(11)17-9-8-13/h4-7,14H,2-3,8-10,13H2,1H3. The van der Waals surface area contributed by atoms with E-state index in [1.165, 1.54) is 0 Å². The molecule has 0 aliphatic rings. The Bertz CT molecular complexity index is 460. The fourth-order valence-electron chi connectivity index (χ4n) is 1.40. The highest BCUT2D eigenvalue weighted by Crippen LogP contribution is 2.24. The van der Waals surface area contributed by atoms with Crippen LogP contribution in [0, 0.1) is 0 Å². The maximum Gasteiger partial charge on any atom is 0.232 e. The number of sulfonamides is 1. The lowest BCUT2D eigenvalue weighted by Gasteiger charge is -2.12. The highest BCUT2D eigenvalue weighted by atomic mass is 32.2. The molecule has 0 saturated carbocycles. The number of anilines is 1. The summed E-state index contributed by atoms with van der Waals surface area (Å²) < 4.78 is 31.5. The lowest BCUT2D eigenvalue weighted by Crippen LogP contribution is -2.18. The summed E-state index contributed by atoms with van der Waals surface area (Å²) in [6.07, 6.45) is 1.48. The number of para-hydroxylation sites is 2. The van der Waals surface area contributed by atoms with Gasteiger partial charge in [0.25, 0.3) is 0 Å². The minimum absolute atomic E-state index is 0.120. The second-order valence-corrected chi connectivity index (χ2v) is 5.75. The molecule has 0 saturated heterocycles. The number of ether oxygens (including phenoxy) is 1. The molecule has 0 heterocycles. The monoisotopic (exact) mass is 272 g/mol. The number of nitrogens with one attached hydrogen (secondary N) is 1. The molecule has 0 bridgehead atoms. The number of nitrogens with two attached hydrogens (primary N) is 1. The van der Waals surface area contributed by atoms with E-state index < -0.39 is 10.0 Å². The van der Waals surface area contributed by atoms with Crippen molar-refractivity contribution in [3.8, 4) is 5.75 Å². The lowest BCUT2D eigenvalue weighted by atomic mass is 10.3. The van der Waals surface area contributed by atoms with Crippen LogP contribution in [0.15, 0.2) is 24.3 Å². The smallest absolute Gasteiger partial charge is 0.232 e. The van der Waals surface area contributed by atoms with Gasteiger partial charge in [-0.1, -0.05) is 25.5 Å². The molecule has 102 valence electrons. The summed E-state index contributed by atoms with van der Waals surface area (Å²) in [6, 6.07) is 6.94. The molecule has 0 unspecified atom stereocenters. The SMILES string of the molecule is CCCCS(=O)(=O)Nc1ccccc1OCCN. The largest absolute Gasteiger partial charge is 0.490 e. The van der Waals surface area contributed by atoms with Gasteiger partial charge in [0.2, 0.25) is 10.0 Å². The van der Waals surface area contributed by atoms with Gasteiger partial charge < -0.3 is 10.5 Å². The molecule has 1 rings (SSSR count). The van der Waals surface area contributed by atoms with Gasteiger partial charge in [0.05, 0.1) is 11.4 Å². The van der Waals surface area contributed by atoms with Gasteiger partial charge in [-0.15, -0.1) is 0 Å². The fraction of sp³-hybridized carbons (Fsp3) is 0.500. The van der Waals surface area contributed by atoms with Crippen LogP contribution >= 0.6 is 0 Å². The first-order valence-electron chi connectivity index (χ1n) is 6.01. The van der Waals surface area contributed by atoms with Crippen molar-refractivity contribution in [3.05, 3.63) is 24.3 Å². The molecule has 0 atom stereocenters. The number of rotatable bonds is 8. The van der Waals surface area contributed by atoms with E-state index in [-0.39, 0.29) is 5.75 Å². The van der Waals surface area contributed by atoms with Crippen molar-refractivity contribution in [1.29, 1.82) is 0 Å². The summed E-state index contributed by atoms with van der Waals surface area (Å²) in [5.74, 6) is 0.623.